The van der Waals surface area contributed by atoms with Crippen molar-refractivity contribution < 1.29 is 73.1 Å². The van der Waals surface area contributed by atoms with Crippen molar-refractivity contribution in [2.75, 3.05) is 19.7 Å². The summed E-state index contributed by atoms with van der Waals surface area (Å²) in [5.41, 5.74) is 23.2. The number of aliphatic hydroxyl groups is 4. The first kappa shape index (κ1) is 78.1. The van der Waals surface area contributed by atoms with E-state index < -0.39 is 188 Å². The molecule has 1 aromatic rings. The van der Waals surface area contributed by atoms with E-state index in [0.29, 0.717) is 25.7 Å². The lowest BCUT2D eigenvalue weighted by molar-refractivity contribution is -0.137. The van der Waals surface area contributed by atoms with E-state index in [2.05, 4.69) is 63.5 Å². The van der Waals surface area contributed by atoms with Gasteiger partial charge in [0.2, 0.25) is 59.1 Å². The van der Waals surface area contributed by atoms with Crippen LogP contribution in [0.15, 0.2) is 35.3 Å². The third kappa shape index (κ3) is 25.8. The zero-order valence-electron chi connectivity index (χ0n) is 54.3. The number of epoxide rings is 1. The predicted octanol–water partition coefficient (Wildman–Crippen LogP) is -4.45. The SMILES string of the molecule is CCC(CC)[C@@H]1NC(=O)[C@@H](CCCN=C(N)N)NC(=O)[C@H](CC(C)C)NC(=O)[C@H]([C@H](O)C(C)C)NC(=O)[C@@H](NC2OC2[C@H](CC(C)C)NC(=O)[C@H](N)CC(C)C)[C@@H](c2ccccc2)NC(=O)[C@H](CO)NC(=O)[C@H](CC(N)=O)NC(=O)CNC(=O)[C@H]([C@@H](C)O)NC1O. The number of benzene rings is 1. The molecule has 3 rings (SSSR count). The minimum atomic E-state index is -1.90. The molecule has 0 bridgehead atoms. The maximum absolute atomic E-state index is 15.5. The molecule has 2 saturated heterocycles. The van der Waals surface area contributed by atoms with Crippen LogP contribution in [0.4, 0.5) is 0 Å². The summed E-state index contributed by atoms with van der Waals surface area (Å²) >= 11 is 0. The van der Waals surface area contributed by atoms with Crippen LogP contribution in [-0.2, 0) is 52.7 Å². The second kappa shape index (κ2) is 38.0. The highest BCUT2D eigenvalue weighted by Crippen LogP contribution is 2.30. The molecule has 0 aromatic heterocycles. The summed E-state index contributed by atoms with van der Waals surface area (Å²) in [6.45, 7) is 17.1. The molecule has 31 nitrogen and oxygen atoms in total. The number of nitrogens with zero attached hydrogens (tertiary/aromatic N) is 1. The van der Waals surface area contributed by atoms with Crippen LogP contribution in [0, 0.1) is 29.6 Å². The third-order valence-electron chi connectivity index (χ3n) is 15.6. The number of guanidine groups is 1. The molecule has 514 valence electrons. The Balaban J connectivity index is 2.36. The van der Waals surface area contributed by atoms with Crippen LogP contribution in [-0.4, -0.2) is 196 Å². The minimum Gasteiger partial charge on any atom is -0.394 e. The van der Waals surface area contributed by atoms with Gasteiger partial charge in [0, 0.05) is 6.54 Å². The number of aliphatic imine (C=N–C) groups is 1. The van der Waals surface area contributed by atoms with Crippen molar-refractivity contribution in [3.05, 3.63) is 35.9 Å². The van der Waals surface area contributed by atoms with Crippen molar-refractivity contribution in [3.63, 3.8) is 0 Å². The van der Waals surface area contributed by atoms with Crippen LogP contribution in [0.2, 0.25) is 0 Å². The highest BCUT2D eigenvalue weighted by Gasteiger charge is 2.50. The Morgan fingerprint density at radius 2 is 1.27 bits per heavy atom. The number of ether oxygens (including phenoxy) is 1. The number of amides is 10. The highest BCUT2D eigenvalue weighted by atomic mass is 16.6. The minimum absolute atomic E-state index is 0.00605. The molecule has 2 heterocycles. The smallest absolute Gasteiger partial charge is 0.245 e. The zero-order chi connectivity index (χ0) is 68.6. The number of carbonyl (C=O) groups excluding carboxylic acids is 10. The van der Waals surface area contributed by atoms with E-state index in [0.717, 1.165) is 0 Å². The van der Waals surface area contributed by atoms with E-state index in [-0.39, 0.29) is 55.1 Å². The van der Waals surface area contributed by atoms with Gasteiger partial charge in [-0.1, -0.05) is 112 Å². The summed E-state index contributed by atoms with van der Waals surface area (Å²) in [5.74, 6) is -11.6. The second-order valence-electron chi connectivity index (χ2n) is 25.2. The van der Waals surface area contributed by atoms with Crippen molar-refractivity contribution >= 4 is 65.0 Å². The molecule has 16 atom stereocenters. The van der Waals surface area contributed by atoms with Gasteiger partial charge in [-0.25, -0.2) is 0 Å². The topological polar surface area (TPSA) is 513 Å². The Bertz CT molecular complexity index is 2590. The van der Waals surface area contributed by atoms with Gasteiger partial charge in [-0.2, -0.15) is 0 Å². The van der Waals surface area contributed by atoms with Gasteiger partial charge in [0.1, 0.15) is 60.9 Å². The fraction of sp³-hybridized carbons (Fsp3) is 0.717. The summed E-state index contributed by atoms with van der Waals surface area (Å²) < 4.78 is 6.18. The number of aliphatic hydroxyl groups excluding tert-OH is 4. The molecule has 10 amide bonds. The summed E-state index contributed by atoms with van der Waals surface area (Å²) in [7, 11) is 0. The Hall–Kier alpha value is -7.13. The van der Waals surface area contributed by atoms with Crippen molar-refractivity contribution in [3.8, 4) is 0 Å². The number of nitrogens with one attached hydrogen (secondary N) is 11. The fourth-order valence-electron chi connectivity index (χ4n) is 10.6. The summed E-state index contributed by atoms with van der Waals surface area (Å²) in [6.07, 6.45) is -6.40. The monoisotopic (exact) mass is 1290 g/mol. The molecule has 31 heteroatoms. The van der Waals surface area contributed by atoms with E-state index in [1.165, 1.54) is 19.1 Å². The number of hydrogen-bond acceptors (Lipinski definition) is 19. The molecule has 0 saturated carbocycles. The van der Waals surface area contributed by atoms with E-state index in [9.17, 15) is 63.6 Å². The number of rotatable bonds is 25. The predicted molar refractivity (Wildman–Crippen MR) is 336 cm³/mol. The first-order valence-corrected chi connectivity index (χ1v) is 31.4. The van der Waals surface area contributed by atoms with Gasteiger partial charge < -0.3 is 95.9 Å². The number of carbonyl (C=O) groups is 10. The highest BCUT2D eigenvalue weighted by molar-refractivity contribution is 5.98. The van der Waals surface area contributed by atoms with Crippen molar-refractivity contribution in [1.29, 1.82) is 0 Å². The maximum atomic E-state index is 15.5. The first-order chi connectivity index (χ1) is 42.7. The molecule has 91 heavy (non-hydrogen) atoms. The molecule has 23 N–H and O–H groups in total. The standard InChI is InChI=1S/C60H104N16O15/c1-12-33(13-2)45-56(88)72-43(32(11)78)55(87)66-26-42(80)67-39(25-41(62)79)53(85)71-40(27-77)54(86)73-44(34-18-15-14-16-19-34)46(76-59-49(91-59)37(23-29(5)6)69-50(82)35(61)22-28(3)4)57(89)75-47(48(81)31(9)10)58(90)70-38(24-30(7)8)52(84)68-36(51(83)74-45)20-17-21-65-60(63)64/h14-16,18-19,28-33,35-40,43-49,56,59,72,76-78,81,88H,12-13,17,20-27,61H2,1-11H3,(H2,62,79)(H,66,87)(H,67,80)(H,68,84)(H,69,82)(H,70,90)(H,71,85)(H,73,86)(H,74,83)(H,75,89)(H4,63,64,65)/t32-,35-,36-,37+,38+,39+,40+,43+,44-,45+,46+,47+,48-,49?,56?,59?/m1/s1. The van der Waals surface area contributed by atoms with Gasteiger partial charge in [0.05, 0.1) is 55.9 Å². The summed E-state index contributed by atoms with van der Waals surface area (Å²) in [6, 6.07) is -8.30. The van der Waals surface area contributed by atoms with Crippen LogP contribution in [0.5, 0.6) is 0 Å². The number of hydrogen-bond donors (Lipinski definition) is 19. The van der Waals surface area contributed by atoms with E-state index >= 15 is 4.79 Å². The van der Waals surface area contributed by atoms with Crippen molar-refractivity contribution in [2.24, 2.45) is 57.5 Å². The normalized spacial score (nSPS) is 27.1. The second-order valence-corrected chi connectivity index (χ2v) is 25.2. The Labute approximate surface area is 532 Å². The molecule has 0 radical (unpaired) electrons. The fourth-order valence-corrected chi connectivity index (χ4v) is 10.6. The van der Waals surface area contributed by atoms with Gasteiger partial charge in [0.15, 0.2) is 5.96 Å². The lowest BCUT2D eigenvalue weighted by atomic mass is 9.91. The van der Waals surface area contributed by atoms with Gasteiger partial charge in [-0.05, 0) is 74.2 Å². The lowest BCUT2D eigenvalue weighted by Gasteiger charge is -2.35. The summed E-state index contributed by atoms with van der Waals surface area (Å²) in [5, 5.41) is 74.6. The van der Waals surface area contributed by atoms with E-state index in [1.807, 2.05) is 27.7 Å². The molecule has 2 aliphatic rings. The largest absolute Gasteiger partial charge is 0.394 e. The molecule has 2 aliphatic heterocycles. The van der Waals surface area contributed by atoms with Crippen LogP contribution < -0.4 is 81.4 Å². The van der Waals surface area contributed by atoms with Crippen LogP contribution in [0.3, 0.4) is 0 Å². The van der Waals surface area contributed by atoms with Crippen molar-refractivity contribution in [1.82, 2.24) is 58.5 Å². The third-order valence-corrected chi connectivity index (χ3v) is 15.6. The number of primary amides is 1. The van der Waals surface area contributed by atoms with Crippen LogP contribution >= 0.6 is 0 Å². The Morgan fingerprint density at radius 3 is 1.82 bits per heavy atom. The average Bonchev–Trinajstić information content (AvgIpc) is 1.70. The maximum Gasteiger partial charge on any atom is 0.245 e. The molecule has 0 aliphatic carbocycles. The quantitative estimate of drug-likeness (QED) is 0.0190. The van der Waals surface area contributed by atoms with E-state index in [1.54, 1.807) is 59.7 Å². The Morgan fingerprint density at radius 1 is 0.692 bits per heavy atom. The van der Waals surface area contributed by atoms with Crippen LogP contribution in [0.1, 0.15) is 139 Å². The van der Waals surface area contributed by atoms with Gasteiger partial charge in [0.25, 0.3) is 0 Å². The Kier molecular flexibility index (Phi) is 32.6. The van der Waals surface area contributed by atoms with Gasteiger partial charge in [-0.15, -0.1) is 0 Å². The zero-order valence-corrected chi connectivity index (χ0v) is 54.3. The molecule has 0 spiro atoms. The molecule has 2 fully saturated rings. The number of nitrogens with two attached hydrogens (primary N) is 4. The summed E-state index contributed by atoms with van der Waals surface area (Å²) in [4.78, 5) is 146. The van der Waals surface area contributed by atoms with Crippen molar-refractivity contribution in [2.45, 2.75) is 225 Å². The van der Waals surface area contributed by atoms with E-state index in [4.69, 9.17) is 27.7 Å². The van der Waals surface area contributed by atoms with Gasteiger partial charge >= 0.3 is 0 Å². The van der Waals surface area contributed by atoms with Crippen LogP contribution in [0.25, 0.3) is 0 Å². The molecular weight excluding hydrogens is 1180 g/mol. The lowest BCUT2D eigenvalue weighted by Crippen LogP contribution is -2.64. The average molecular weight is 1290 g/mol. The van der Waals surface area contributed by atoms with Gasteiger partial charge in [-0.3, -0.25) is 63.6 Å². The first-order valence-electron chi connectivity index (χ1n) is 31.4. The molecule has 3 unspecified atom stereocenters. The molecular formula is C60H104N16O15. The molecule has 1 aromatic carbocycles.